The van der Waals surface area contributed by atoms with E-state index in [-0.39, 0.29) is 12.3 Å². The monoisotopic (exact) mass is 291 g/mol. The molecule has 2 N–H and O–H groups in total. The van der Waals surface area contributed by atoms with Gasteiger partial charge in [0.15, 0.2) is 0 Å². The van der Waals surface area contributed by atoms with Gasteiger partial charge in [-0.3, -0.25) is 4.79 Å². The third-order valence-electron chi connectivity index (χ3n) is 3.51. The van der Waals surface area contributed by atoms with E-state index >= 15 is 0 Å². The first-order valence-electron chi connectivity index (χ1n) is 6.23. The van der Waals surface area contributed by atoms with Crippen LogP contribution in [0.5, 0.6) is 0 Å². The van der Waals surface area contributed by atoms with E-state index in [1.807, 2.05) is 0 Å². The number of aliphatic carboxylic acids is 1. The third-order valence-corrected chi connectivity index (χ3v) is 3.76. The summed E-state index contributed by atoms with van der Waals surface area (Å²) >= 11 is 5.83. The number of carboxylic acids is 1. The molecule has 0 aromatic heterocycles. The minimum atomic E-state index is -1.12. The maximum Gasteiger partial charge on any atom is 0.327 e. The van der Waals surface area contributed by atoms with Crippen molar-refractivity contribution in [3.63, 3.8) is 0 Å². The standard InChI is InChI=1S/C15H14ClNO3/c1-2-3-12(13(18)19)17-14(20)15(8-9-15)10-4-6-11(16)7-5-10/h1,4-7,12H,3,8-9H2,(H,17,20)(H,18,19). The van der Waals surface area contributed by atoms with Crippen LogP contribution in [0.2, 0.25) is 5.02 Å². The van der Waals surface area contributed by atoms with Crippen molar-refractivity contribution in [1.29, 1.82) is 0 Å². The molecule has 0 spiro atoms. The highest BCUT2D eigenvalue weighted by atomic mass is 35.5. The summed E-state index contributed by atoms with van der Waals surface area (Å²) in [6, 6.07) is 6.00. The maximum atomic E-state index is 12.3. The fourth-order valence-electron chi connectivity index (χ4n) is 2.16. The van der Waals surface area contributed by atoms with Gasteiger partial charge in [-0.15, -0.1) is 12.3 Å². The molecule has 1 atom stereocenters. The van der Waals surface area contributed by atoms with E-state index in [1.54, 1.807) is 24.3 Å². The van der Waals surface area contributed by atoms with E-state index in [1.165, 1.54) is 0 Å². The molecule has 1 saturated carbocycles. The summed E-state index contributed by atoms with van der Waals surface area (Å²) in [4.78, 5) is 23.4. The molecule has 0 heterocycles. The summed E-state index contributed by atoms with van der Waals surface area (Å²) in [5.41, 5.74) is 0.219. The van der Waals surface area contributed by atoms with E-state index in [2.05, 4.69) is 11.2 Å². The Balaban J connectivity index is 2.14. The highest BCUT2D eigenvalue weighted by Crippen LogP contribution is 2.48. The maximum absolute atomic E-state index is 12.3. The Morgan fingerprint density at radius 1 is 1.40 bits per heavy atom. The molecule has 0 aliphatic heterocycles. The van der Waals surface area contributed by atoms with Crippen molar-refractivity contribution < 1.29 is 14.7 Å². The van der Waals surface area contributed by atoms with Crippen LogP contribution in [0, 0.1) is 12.3 Å². The quantitative estimate of drug-likeness (QED) is 0.815. The molecule has 20 heavy (non-hydrogen) atoms. The van der Waals surface area contributed by atoms with Crippen molar-refractivity contribution in [1.82, 2.24) is 5.32 Å². The normalized spacial score (nSPS) is 16.8. The molecule has 5 heteroatoms. The number of carbonyl (C=O) groups excluding carboxylic acids is 1. The van der Waals surface area contributed by atoms with Gasteiger partial charge in [0.2, 0.25) is 5.91 Å². The SMILES string of the molecule is C#CCC(NC(=O)C1(c2ccc(Cl)cc2)CC1)C(=O)O. The molecule has 1 unspecified atom stereocenters. The summed E-state index contributed by atoms with van der Waals surface area (Å²) in [5.74, 6) is 0.849. The summed E-state index contributed by atoms with van der Waals surface area (Å²) in [7, 11) is 0. The van der Waals surface area contributed by atoms with E-state index < -0.39 is 17.4 Å². The summed E-state index contributed by atoms with van der Waals surface area (Å²) in [6.45, 7) is 0. The lowest BCUT2D eigenvalue weighted by Gasteiger charge is -2.19. The number of rotatable bonds is 5. The topological polar surface area (TPSA) is 66.4 Å². The van der Waals surface area contributed by atoms with Gasteiger partial charge in [0.05, 0.1) is 5.41 Å². The molecule has 0 radical (unpaired) electrons. The molecule has 4 nitrogen and oxygen atoms in total. The fraction of sp³-hybridized carbons (Fsp3) is 0.333. The van der Waals surface area contributed by atoms with Crippen LogP contribution in [0.1, 0.15) is 24.8 Å². The van der Waals surface area contributed by atoms with Crippen LogP contribution in [0.15, 0.2) is 24.3 Å². The number of halogens is 1. The Morgan fingerprint density at radius 3 is 2.45 bits per heavy atom. The second-order valence-corrected chi connectivity index (χ2v) is 5.30. The van der Waals surface area contributed by atoms with Crippen LogP contribution in [0.25, 0.3) is 0 Å². The van der Waals surface area contributed by atoms with Crippen LogP contribution >= 0.6 is 11.6 Å². The van der Waals surface area contributed by atoms with E-state index in [4.69, 9.17) is 23.1 Å². The zero-order valence-corrected chi connectivity index (χ0v) is 11.5. The lowest BCUT2D eigenvalue weighted by Crippen LogP contribution is -2.45. The van der Waals surface area contributed by atoms with Gasteiger partial charge in [0.1, 0.15) is 6.04 Å². The average molecular weight is 292 g/mol. The van der Waals surface area contributed by atoms with Gasteiger partial charge in [-0.05, 0) is 30.5 Å². The Labute approximate surface area is 122 Å². The van der Waals surface area contributed by atoms with Crippen LogP contribution < -0.4 is 5.32 Å². The van der Waals surface area contributed by atoms with Crippen LogP contribution in [-0.2, 0) is 15.0 Å². The summed E-state index contributed by atoms with van der Waals surface area (Å²) < 4.78 is 0. The highest BCUT2D eigenvalue weighted by molar-refractivity contribution is 6.30. The van der Waals surface area contributed by atoms with E-state index in [0.29, 0.717) is 17.9 Å². The number of hydrogen-bond donors (Lipinski definition) is 2. The predicted molar refractivity (Wildman–Crippen MR) is 75.4 cm³/mol. The zero-order chi connectivity index (χ0) is 14.8. The molecule has 104 valence electrons. The first-order valence-corrected chi connectivity index (χ1v) is 6.61. The molecule has 0 bridgehead atoms. The lowest BCUT2D eigenvalue weighted by atomic mass is 9.94. The second-order valence-electron chi connectivity index (χ2n) is 4.86. The average Bonchev–Trinajstić information content (AvgIpc) is 3.20. The van der Waals surface area contributed by atoms with Crippen LogP contribution in [-0.4, -0.2) is 23.0 Å². The molecule has 1 aliphatic carbocycles. The van der Waals surface area contributed by atoms with E-state index in [9.17, 15) is 9.59 Å². The molecule has 1 aromatic rings. The van der Waals surface area contributed by atoms with Gasteiger partial charge in [-0.2, -0.15) is 0 Å². The van der Waals surface area contributed by atoms with Crippen molar-refractivity contribution in [2.75, 3.05) is 0 Å². The van der Waals surface area contributed by atoms with Crippen molar-refractivity contribution in [2.24, 2.45) is 0 Å². The number of terminal acetylenes is 1. The second kappa shape index (κ2) is 5.56. The smallest absolute Gasteiger partial charge is 0.327 e. The number of hydrogen-bond acceptors (Lipinski definition) is 2. The molecule has 1 amide bonds. The molecule has 1 fully saturated rings. The molecule has 2 rings (SSSR count). The van der Waals surface area contributed by atoms with Gasteiger partial charge < -0.3 is 10.4 Å². The van der Waals surface area contributed by atoms with Gasteiger partial charge in [0, 0.05) is 11.4 Å². The largest absolute Gasteiger partial charge is 0.480 e. The first kappa shape index (κ1) is 14.4. The number of nitrogens with one attached hydrogen (secondary N) is 1. The molecule has 1 aromatic carbocycles. The van der Waals surface area contributed by atoms with Crippen LogP contribution in [0.4, 0.5) is 0 Å². The minimum absolute atomic E-state index is 0.0300. The number of carboxylic acid groups (broad SMARTS) is 1. The van der Waals surface area contributed by atoms with Gasteiger partial charge in [-0.1, -0.05) is 23.7 Å². The molecular weight excluding hydrogens is 278 g/mol. The van der Waals surface area contributed by atoms with Gasteiger partial charge in [0.25, 0.3) is 0 Å². The predicted octanol–water partition coefficient (Wildman–Crippen LogP) is 1.96. The van der Waals surface area contributed by atoms with Gasteiger partial charge in [-0.25, -0.2) is 4.79 Å². The van der Waals surface area contributed by atoms with Crippen molar-refractivity contribution in [3.8, 4) is 12.3 Å². The Bertz CT molecular complexity index is 570. The molecule has 1 aliphatic rings. The number of amides is 1. The molecular formula is C15H14ClNO3. The minimum Gasteiger partial charge on any atom is -0.480 e. The summed E-state index contributed by atoms with van der Waals surface area (Å²) in [6.07, 6.45) is 6.48. The van der Waals surface area contributed by atoms with Crippen molar-refractivity contribution in [2.45, 2.75) is 30.7 Å². The van der Waals surface area contributed by atoms with Crippen molar-refractivity contribution in [3.05, 3.63) is 34.9 Å². The van der Waals surface area contributed by atoms with Gasteiger partial charge >= 0.3 is 5.97 Å². The molecule has 0 saturated heterocycles. The first-order chi connectivity index (χ1) is 9.49. The Morgan fingerprint density at radius 2 is 2.00 bits per heavy atom. The Hall–Kier alpha value is -1.99. The number of carbonyl (C=O) groups is 2. The zero-order valence-electron chi connectivity index (χ0n) is 10.7. The highest BCUT2D eigenvalue weighted by Gasteiger charge is 2.51. The Kier molecular flexibility index (Phi) is 4.01. The number of benzene rings is 1. The summed E-state index contributed by atoms with van der Waals surface area (Å²) in [5, 5.41) is 12.1. The van der Waals surface area contributed by atoms with Crippen molar-refractivity contribution >= 4 is 23.5 Å². The van der Waals surface area contributed by atoms with E-state index in [0.717, 1.165) is 5.56 Å². The third kappa shape index (κ3) is 2.78. The van der Waals surface area contributed by atoms with Crippen LogP contribution in [0.3, 0.4) is 0 Å². The lowest BCUT2D eigenvalue weighted by molar-refractivity contribution is -0.142. The fourth-order valence-corrected chi connectivity index (χ4v) is 2.28.